The van der Waals surface area contributed by atoms with Crippen LogP contribution in [0.1, 0.15) is 44.1 Å². The molecule has 1 aliphatic carbocycles. The number of hydrogen-bond acceptors (Lipinski definition) is 3. The van der Waals surface area contributed by atoms with Gasteiger partial charge >= 0.3 is 6.61 Å². The zero-order chi connectivity index (χ0) is 18.6. The number of rotatable bonds is 9. The lowest BCUT2D eigenvalue weighted by atomic mass is 9.98. The zero-order valence-corrected chi connectivity index (χ0v) is 15.3. The fourth-order valence-corrected chi connectivity index (χ4v) is 3.00. The topological polar surface area (TPSA) is 54.9 Å². The normalized spacial score (nSPS) is 15.9. The Morgan fingerprint density at radius 2 is 2.04 bits per heavy atom. The predicted molar refractivity (Wildman–Crippen MR) is 98.7 cm³/mol. The number of hydrogen-bond donors (Lipinski definition) is 2. The Morgan fingerprint density at radius 1 is 1.23 bits per heavy atom. The Bertz CT molecular complexity index is 549. The van der Waals surface area contributed by atoms with Crippen LogP contribution < -0.4 is 15.4 Å². The highest BCUT2D eigenvalue weighted by atomic mass is 19.3. The number of benzene rings is 1. The highest BCUT2D eigenvalue weighted by Gasteiger charge is 2.13. The van der Waals surface area contributed by atoms with Gasteiger partial charge in [-0.25, -0.2) is 0 Å². The Kier molecular flexibility index (Phi) is 9.17. The van der Waals surface area contributed by atoms with Crippen LogP contribution in [0.3, 0.4) is 0 Å². The fourth-order valence-electron chi connectivity index (χ4n) is 3.00. The highest BCUT2D eigenvalue weighted by Crippen LogP contribution is 2.20. The molecule has 26 heavy (non-hydrogen) atoms. The summed E-state index contributed by atoms with van der Waals surface area (Å²) >= 11 is 0. The monoisotopic (exact) mass is 369 g/mol. The predicted octanol–water partition coefficient (Wildman–Crippen LogP) is 3.69. The summed E-state index contributed by atoms with van der Waals surface area (Å²) in [6.07, 6.45) is 7.61. The van der Waals surface area contributed by atoms with Gasteiger partial charge in [0.1, 0.15) is 5.75 Å². The van der Waals surface area contributed by atoms with Crippen LogP contribution in [0.5, 0.6) is 5.75 Å². The van der Waals surface area contributed by atoms with Gasteiger partial charge in [0.2, 0.25) is 0 Å². The first-order valence-electron chi connectivity index (χ1n) is 9.27. The molecule has 2 rings (SSSR count). The molecule has 0 aliphatic heterocycles. The minimum absolute atomic E-state index is 0.155. The summed E-state index contributed by atoms with van der Waals surface area (Å²) < 4.78 is 34.8. The molecule has 1 fully saturated rings. The van der Waals surface area contributed by atoms with E-state index in [2.05, 4.69) is 20.4 Å². The zero-order valence-electron chi connectivity index (χ0n) is 15.3. The third-order valence-corrected chi connectivity index (χ3v) is 4.33. The smallest absolute Gasteiger partial charge is 0.387 e. The lowest BCUT2D eigenvalue weighted by Gasteiger charge is -2.22. The molecule has 1 aromatic carbocycles. The number of alkyl halides is 2. The van der Waals surface area contributed by atoms with Gasteiger partial charge in [-0.1, -0.05) is 31.4 Å². The van der Waals surface area contributed by atoms with Crippen molar-refractivity contribution in [3.8, 4) is 5.75 Å². The molecule has 0 saturated heterocycles. The van der Waals surface area contributed by atoms with Crippen LogP contribution >= 0.6 is 0 Å². The molecule has 0 spiro atoms. The van der Waals surface area contributed by atoms with E-state index in [1.807, 2.05) is 6.07 Å². The maximum absolute atomic E-state index is 12.3. The molecule has 7 heteroatoms. The number of nitrogens with one attached hydrogen (secondary N) is 2. The second-order valence-electron chi connectivity index (χ2n) is 6.36. The van der Waals surface area contributed by atoms with E-state index >= 15 is 0 Å². The molecule has 5 nitrogen and oxygen atoms in total. The molecular formula is C19H29F2N3O2. The molecule has 0 radical (unpaired) electrons. The van der Waals surface area contributed by atoms with Crippen molar-refractivity contribution < 1.29 is 18.3 Å². The summed E-state index contributed by atoms with van der Waals surface area (Å²) in [4.78, 5) is 4.16. The average molecular weight is 369 g/mol. The minimum atomic E-state index is -2.82. The van der Waals surface area contributed by atoms with E-state index in [-0.39, 0.29) is 5.75 Å². The van der Waals surface area contributed by atoms with Gasteiger partial charge in [-0.05, 0) is 37.0 Å². The number of guanidine groups is 1. The van der Waals surface area contributed by atoms with Gasteiger partial charge in [0.05, 0.1) is 6.10 Å². The van der Waals surface area contributed by atoms with Gasteiger partial charge in [-0.3, -0.25) is 4.99 Å². The van der Waals surface area contributed by atoms with E-state index in [0.717, 1.165) is 25.1 Å². The second kappa shape index (κ2) is 11.7. The van der Waals surface area contributed by atoms with Gasteiger partial charge in [-0.2, -0.15) is 8.78 Å². The summed E-state index contributed by atoms with van der Waals surface area (Å²) in [5, 5.41) is 6.39. The molecule has 0 atom stereocenters. The third kappa shape index (κ3) is 7.99. The first-order chi connectivity index (χ1) is 12.7. The van der Waals surface area contributed by atoms with Crippen molar-refractivity contribution in [2.45, 2.75) is 57.8 Å². The number of halogens is 2. The summed E-state index contributed by atoms with van der Waals surface area (Å²) in [6, 6.07) is 6.63. The van der Waals surface area contributed by atoms with Gasteiger partial charge in [0.15, 0.2) is 5.96 Å². The fraction of sp³-hybridized carbons (Fsp3) is 0.632. The molecule has 146 valence electrons. The molecule has 0 bridgehead atoms. The van der Waals surface area contributed by atoms with Crippen molar-refractivity contribution in [2.24, 2.45) is 4.99 Å². The largest absolute Gasteiger partial charge is 0.435 e. The molecule has 1 aliphatic rings. The van der Waals surface area contributed by atoms with Crippen molar-refractivity contribution in [2.75, 3.05) is 20.2 Å². The maximum Gasteiger partial charge on any atom is 0.387 e. The van der Waals surface area contributed by atoms with Gasteiger partial charge in [0.25, 0.3) is 0 Å². The SMILES string of the molecule is CN=C(NCCCOC1CCCCC1)NCc1cccc(OC(F)F)c1. The number of nitrogens with zero attached hydrogens (tertiary/aromatic N) is 1. The Labute approximate surface area is 154 Å². The number of ether oxygens (including phenoxy) is 2. The summed E-state index contributed by atoms with van der Waals surface area (Å²) in [7, 11) is 1.70. The van der Waals surface area contributed by atoms with Gasteiger partial charge in [0, 0.05) is 26.7 Å². The maximum atomic E-state index is 12.3. The summed E-state index contributed by atoms with van der Waals surface area (Å²) in [5.74, 6) is 0.824. The lowest BCUT2D eigenvalue weighted by Crippen LogP contribution is -2.37. The molecule has 1 aromatic rings. The third-order valence-electron chi connectivity index (χ3n) is 4.33. The van der Waals surface area contributed by atoms with Crippen LogP contribution in [0, 0.1) is 0 Å². The molecular weight excluding hydrogens is 340 g/mol. The van der Waals surface area contributed by atoms with Crippen LogP contribution in [0.2, 0.25) is 0 Å². The summed E-state index contributed by atoms with van der Waals surface area (Å²) in [6.45, 7) is -0.829. The van der Waals surface area contributed by atoms with Crippen molar-refractivity contribution in [3.63, 3.8) is 0 Å². The molecule has 0 aromatic heterocycles. The van der Waals surface area contributed by atoms with Gasteiger partial charge in [-0.15, -0.1) is 0 Å². The average Bonchev–Trinajstić information content (AvgIpc) is 2.64. The number of aliphatic imine (C=N–C) groups is 1. The van der Waals surface area contributed by atoms with E-state index < -0.39 is 6.61 Å². The molecule has 2 N–H and O–H groups in total. The van der Waals surface area contributed by atoms with Crippen molar-refractivity contribution in [1.29, 1.82) is 0 Å². The highest BCUT2D eigenvalue weighted by molar-refractivity contribution is 5.79. The second-order valence-corrected chi connectivity index (χ2v) is 6.36. The Morgan fingerprint density at radius 3 is 2.77 bits per heavy atom. The first-order valence-corrected chi connectivity index (χ1v) is 9.27. The molecule has 0 heterocycles. The standard InChI is InChI=1S/C19H29F2N3O2/c1-22-19(23-11-6-12-25-16-8-3-2-4-9-16)24-14-15-7-5-10-17(13-15)26-18(20)21/h5,7,10,13,16,18H,2-4,6,8-9,11-12,14H2,1H3,(H2,22,23,24). The first kappa shape index (κ1) is 20.4. The van der Waals surface area contributed by atoms with E-state index in [4.69, 9.17) is 4.74 Å². The van der Waals surface area contributed by atoms with E-state index in [1.54, 1.807) is 19.2 Å². The molecule has 0 unspecified atom stereocenters. The molecule has 0 amide bonds. The Hall–Kier alpha value is -1.89. The van der Waals surface area contributed by atoms with Crippen LogP contribution in [-0.2, 0) is 11.3 Å². The lowest BCUT2D eigenvalue weighted by molar-refractivity contribution is -0.0498. The van der Waals surface area contributed by atoms with E-state index in [0.29, 0.717) is 18.6 Å². The van der Waals surface area contributed by atoms with Crippen LogP contribution in [0.4, 0.5) is 8.78 Å². The van der Waals surface area contributed by atoms with E-state index in [1.165, 1.54) is 38.2 Å². The van der Waals surface area contributed by atoms with Crippen LogP contribution in [-0.4, -0.2) is 38.9 Å². The van der Waals surface area contributed by atoms with Crippen molar-refractivity contribution in [3.05, 3.63) is 29.8 Å². The minimum Gasteiger partial charge on any atom is -0.435 e. The summed E-state index contributed by atoms with van der Waals surface area (Å²) in [5.41, 5.74) is 0.840. The van der Waals surface area contributed by atoms with E-state index in [9.17, 15) is 8.78 Å². The van der Waals surface area contributed by atoms with Crippen LogP contribution in [0.25, 0.3) is 0 Å². The quantitative estimate of drug-likeness (QED) is 0.396. The Balaban J connectivity index is 1.63. The molecule has 1 saturated carbocycles. The van der Waals surface area contributed by atoms with Crippen LogP contribution in [0.15, 0.2) is 29.3 Å². The van der Waals surface area contributed by atoms with Crippen molar-refractivity contribution in [1.82, 2.24) is 10.6 Å². The van der Waals surface area contributed by atoms with Gasteiger partial charge < -0.3 is 20.1 Å². The van der Waals surface area contributed by atoms with Crippen molar-refractivity contribution >= 4 is 5.96 Å².